The number of nitrogens with zero attached hydrogens (tertiary/aromatic N) is 5. The van der Waals surface area contributed by atoms with Gasteiger partial charge >= 0.3 is 0 Å². The smallest absolute Gasteiger partial charge is 0.257 e. The lowest BCUT2D eigenvalue weighted by molar-refractivity contribution is 0.0628. The van der Waals surface area contributed by atoms with Crippen molar-refractivity contribution in [2.45, 2.75) is 6.54 Å². The highest BCUT2D eigenvalue weighted by molar-refractivity contribution is 5.99. The first-order valence-electron chi connectivity index (χ1n) is 11.0. The van der Waals surface area contributed by atoms with Crippen molar-refractivity contribution in [1.29, 1.82) is 0 Å². The van der Waals surface area contributed by atoms with Crippen LogP contribution in [-0.2, 0) is 6.54 Å². The molecule has 168 valence electrons. The van der Waals surface area contributed by atoms with E-state index in [9.17, 15) is 4.79 Å². The average molecular weight is 443 g/mol. The number of carbonyl (C=O) groups excluding carboxylic acids is 1. The van der Waals surface area contributed by atoms with Gasteiger partial charge in [0.2, 0.25) is 0 Å². The van der Waals surface area contributed by atoms with E-state index >= 15 is 0 Å². The topological polar surface area (TPSA) is 75.0 Å². The number of rotatable bonds is 6. The number of pyridine rings is 2. The number of benzene rings is 1. The maximum absolute atomic E-state index is 13.3. The van der Waals surface area contributed by atoms with Gasteiger partial charge < -0.3 is 19.4 Å². The summed E-state index contributed by atoms with van der Waals surface area (Å²) in [5, 5.41) is 3.26. The second kappa shape index (κ2) is 9.30. The summed E-state index contributed by atoms with van der Waals surface area (Å²) < 4.78 is 7.45. The number of hydrogen-bond acceptors (Lipinski definition) is 6. The number of imidazole rings is 1. The standard InChI is InChI=1S/C25H26N6O2/c1-33-22-9-3-2-8-21(22)28-24-20(7-6-11-26-24)25(32)30-15-13-29(14-16-30)17-19-18-31-12-5-4-10-23(31)27-19/h2-12,18H,13-17H2,1H3,(H,26,28). The quantitative estimate of drug-likeness (QED) is 0.493. The maximum atomic E-state index is 13.3. The Hall–Kier alpha value is -3.91. The molecule has 0 atom stereocenters. The van der Waals surface area contributed by atoms with Gasteiger partial charge in [0.15, 0.2) is 0 Å². The zero-order valence-corrected chi connectivity index (χ0v) is 18.5. The van der Waals surface area contributed by atoms with Crippen LogP contribution in [0.15, 0.2) is 73.2 Å². The molecule has 8 heteroatoms. The van der Waals surface area contributed by atoms with E-state index in [4.69, 9.17) is 4.74 Å². The van der Waals surface area contributed by atoms with Crippen molar-refractivity contribution < 1.29 is 9.53 Å². The fourth-order valence-electron chi connectivity index (χ4n) is 4.12. The monoisotopic (exact) mass is 442 g/mol. The lowest BCUT2D eigenvalue weighted by atomic mass is 10.2. The van der Waals surface area contributed by atoms with Crippen molar-refractivity contribution in [3.63, 3.8) is 0 Å². The van der Waals surface area contributed by atoms with E-state index in [-0.39, 0.29) is 5.91 Å². The normalized spacial score (nSPS) is 14.4. The van der Waals surface area contributed by atoms with Gasteiger partial charge in [0.25, 0.3) is 5.91 Å². The lowest BCUT2D eigenvalue weighted by Crippen LogP contribution is -2.48. The van der Waals surface area contributed by atoms with Gasteiger partial charge in [-0.2, -0.15) is 0 Å². The van der Waals surface area contributed by atoms with Crippen molar-refractivity contribution in [3.05, 3.63) is 84.4 Å². The second-order valence-corrected chi connectivity index (χ2v) is 7.99. The molecule has 8 nitrogen and oxygen atoms in total. The van der Waals surface area contributed by atoms with Gasteiger partial charge in [0.05, 0.1) is 24.1 Å². The molecule has 1 aliphatic heterocycles. The fraction of sp³-hybridized carbons (Fsp3) is 0.240. The molecular formula is C25H26N6O2. The van der Waals surface area contributed by atoms with E-state index in [1.807, 2.05) is 64.0 Å². The first kappa shape index (κ1) is 21.0. The van der Waals surface area contributed by atoms with Crippen molar-refractivity contribution in [1.82, 2.24) is 24.2 Å². The minimum atomic E-state index is -0.0205. The largest absolute Gasteiger partial charge is 0.495 e. The third kappa shape index (κ3) is 4.51. The highest BCUT2D eigenvalue weighted by Gasteiger charge is 2.25. The van der Waals surface area contributed by atoms with Crippen LogP contribution in [0.1, 0.15) is 16.1 Å². The van der Waals surface area contributed by atoms with Crippen LogP contribution in [0.25, 0.3) is 5.65 Å². The number of carbonyl (C=O) groups is 1. The number of nitrogens with one attached hydrogen (secondary N) is 1. The summed E-state index contributed by atoms with van der Waals surface area (Å²) >= 11 is 0. The molecule has 0 unspecified atom stereocenters. The van der Waals surface area contributed by atoms with E-state index in [1.165, 1.54) is 0 Å². The minimum absolute atomic E-state index is 0.0205. The van der Waals surface area contributed by atoms with Crippen molar-refractivity contribution in [2.24, 2.45) is 0 Å². The highest BCUT2D eigenvalue weighted by Crippen LogP contribution is 2.28. The van der Waals surface area contributed by atoms with Crippen molar-refractivity contribution >= 4 is 23.1 Å². The summed E-state index contributed by atoms with van der Waals surface area (Å²) in [5.74, 6) is 1.20. The maximum Gasteiger partial charge on any atom is 0.257 e. The number of ether oxygens (including phenoxy) is 1. The third-order valence-electron chi connectivity index (χ3n) is 5.86. The van der Waals surface area contributed by atoms with Crippen LogP contribution in [0.5, 0.6) is 5.75 Å². The van der Waals surface area contributed by atoms with Gasteiger partial charge in [0.1, 0.15) is 17.2 Å². The van der Waals surface area contributed by atoms with Gasteiger partial charge in [-0.05, 0) is 36.4 Å². The van der Waals surface area contributed by atoms with Gasteiger partial charge in [-0.25, -0.2) is 9.97 Å². The predicted molar refractivity (Wildman–Crippen MR) is 127 cm³/mol. The molecule has 0 radical (unpaired) electrons. The highest BCUT2D eigenvalue weighted by atomic mass is 16.5. The number of piperazine rings is 1. The van der Waals surface area contributed by atoms with Gasteiger partial charge in [0, 0.05) is 51.3 Å². The van der Waals surface area contributed by atoms with Gasteiger partial charge in [-0.1, -0.05) is 18.2 Å². The molecule has 4 heterocycles. The first-order chi connectivity index (χ1) is 16.2. The number of amides is 1. The molecule has 1 aliphatic rings. The molecule has 1 amide bonds. The first-order valence-corrected chi connectivity index (χ1v) is 11.0. The van der Waals surface area contributed by atoms with E-state index in [0.717, 1.165) is 36.7 Å². The Kier molecular flexibility index (Phi) is 5.91. The average Bonchev–Trinajstić information content (AvgIpc) is 3.27. The molecule has 4 aromatic rings. The molecule has 1 aromatic carbocycles. The van der Waals surface area contributed by atoms with E-state index < -0.39 is 0 Å². The summed E-state index contributed by atoms with van der Waals surface area (Å²) in [5.41, 5.74) is 3.31. The summed E-state index contributed by atoms with van der Waals surface area (Å²) in [4.78, 5) is 26.7. The van der Waals surface area contributed by atoms with Gasteiger partial charge in [-0.15, -0.1) is 0 Å². The number of methoxy groups -OCH3 is 1. The van der Waals surface area contributed by atoms with Crippen LogP contribution < -0.4 is 10.1 Å². The predicted octanol–water partition coefficient (Wildman–Crippen LogP) is 3.44. The molecule has 3 aromatic heterocycles. The third-order valence-corrected chi connectivity index (χ3v) is 5.86. The molecule has 33 heavy (non-hydrogen) atoms. The van der Waals surface area contributed by atoms with Gasteiger partial charge in [-0.3, -0.25) is 9.69 Å². The number of aromatic nitrogens is 3. The zero-order valence-electron chi connectivity index (χ0n) is 18.5. The Labute approximate surface area is 192 Å². The summed E-state index contributed by atoms with van der Waals surface area (Å²) in [6, 6.07) is 17.2. The number of para-hydroxylation sites is 2. The molecule has 1 fully saturated rings. The summed E-state index contributed by atoms with van der Waals surface area (Å²) in [6.07, 6.45) is 5.76. The van der Waals surface area contributed by atoms with E-state index in [1.54, 1.807) is 19.4 Å². The van der Waals surface area contributed by atoms with Crippen LogP contribution in [0.3, 0.4) is 0 Å². The summed E-state index contributed by atoms with van der Waals surface area (Å²) in [7, 11) is 1.62. The van der Waals surface area contributed by atoms with Crippen LogP contribution in [0.4, 0.5) is 11.5 Å². The van der Waals surface area contributed by atoms with Crippen LogP contribution in [0, 0.1) is 0 Å². The Bertz CT molecular complexity index is 1230. The van der Waals surface area contributed by atoms with Crippen LogP contribution >= 0.6 is 0 Å². The number of fused-ring (bicyclic) bond motifs is 1. The fourth-order valence-corrected chi connectivity index (χ4v) is 4.12. The van der Waals surface area contributed by atoms with E-state index in [2.05, 4.69) is 26.4 Å². The molecule has 1 N–H and O–H groups in total. The van der Waals surface area contributed by atoms with Crippen LogP contribution in [0.2, 0.25) is 0 Å². The molecule has 0 spiro atoms. The number of anilines is 2. The molecular weight excluding hydrogens is 416 g/mol. The van der Waals surface area contributed by atoms with E-state index in [0.29, 0.717) is 30.2 Å². The lowest BCUT2D eigenvalue weighted by Gasteiger charge is -2.34. The minimum Gasteiger partial charge on any atom is -0.495 e. The molecule has 0 aliphatic carbocycles. The second-order valence-electron chi connectivity index (χ2n) is 7.99. The molecule has 0 saturated carbocycles. The number of hydrogen-bond donors (Lipinski definition) is 1. The zero-order chi connectivity index (χ0) is 22.6. The Morgan fingerprint density at radius 2 is 1.85 bits per heavy atom. The van der Waals surface area contributed by atoms with Crippen molar-refractivity contribution in [2.75, 3.05) is 38.6 Å². The Balaban J connectivity index is 1.24. The Morgan fingerprint density at radius 3 is 2.67 bits per heavy atom. The molecule has 1 saturated heterocycles. The summed E-state index contributed by atoms with van der Waals surface area (Å²) in [6.45, 7) is 3.70. The molecule has 5 rings (SSSR count). The van der Waals surface area contributed by atoms with Crippen molar-refractivity contribution in [3.8, 4) is 5.75 Å². The van der Waals surface area contributed by atoms with Crippen LogP contribution in [-0.4, -0.2) is 63.4 Å². The SMILES string of the molecule is COc1ccccc1Nc1ncccc1C(=O)N1CCN(Cc2cn3ccccc3n2)CC1. The Morgan fingerprint density at radius 1 is 1.03 bits per heavy atom. The molecule has 0 bridgehead atoms.